The van der Waals surface area contributed by atoms with Crippen LogP contribution in [0.2, 0.25) is 0 Å². The fraction of sp³-hybridized carbons (Fsp3) is 0.471. The lowest BCUT2D eigenvalue weighted by atomic mass is 9.97. The summed E-state index contributed by atoms with van der Waals surface area (Å²) >= 11 is 0. The van der Waals surface area contributed by atoms with Crippen molar-refractivity contribution >= 4 is 5.71 Å². The van der Waals surface area contributed by atoms with Gasteiger partial charge < -0.3 is 0 Å². The molecule has 0 spiro atoms. The number of allylic oxidation sites excluding steroid dienone is 5. The van der Waals surface area contributed by atoms with Gasteiger partial charge in [0.15, 0.2) is 0 Å². The average molecular weight is 288 g/mol. The third kappa shape index (κ3) is 5.90. The summed E-state index contributed by atoms with van der Waals surface area (Å²) in [5.74, 6) is 0. The molecule has 0 N–H and O–H groups in total. The molecule has 1 heterocycles. The van der Waals surface area contributed by atoms with E-state index in [2.05, 4.69) is 26.5 Å². The number of nitro groups is 1. The monoisotopic (exact) mass is 288 g/mol. The van der Waals surface area contributed by atoms with Crippen molar-refractivity contribution < 1.29 is 4.92 Å². The van der Waals surface area contributed by atoms with Gasteiger partial charge in [-0.1, -0.05) is 30.4 Å². The van der Waals surface area contributed by atoms with Crippen LogP contribution < -0.4 is 0 Å². The summed E-state index contributed by atoms with van der Waals surface area (Å²) in [7, 11) is 0. The highest BCUT2D eigenvalue weighted by molar-refractivity contribution is 6.02. The third-order valence-electron chi connectivity index (χ3n) is 3.35. The molecule has 0 radical (unpaired) electrons. The summed E-state index contributed by atoms with van der Waals surface area (Å²) in [4.78, 5) is 15.1. The van der Waals surface area contributed by atoms with Crippen molar-refractivity contribution in [2.45, 2.75) is 52.5 Å². The van der Waals surface area contributed by atoms with Gasteiger partial charge in [-0.3, -0.25) is 15.1 Å². The average Bonchev–Trinajstić information content (AvgIpc) is 2.42. The largest absolute Gasteiger partial charge is 0.282 e. The summed E-state index contributed by atoms with van der Waals surface area (Å²) < 4.78 is 0. The highest BCUT2D eigenvalue weighted by atomic mass is 16.6. The van der Waals surface area contributed by atoms with E-state index in [1.165, 1.54) is 11.6 Å². The van der Waals surface area contributed by atoms with Gasteiger partial charge in [0.2, 0.25) is 5.70 Å². The zero-order valence-electron chi connectivity index (χ0n) is 13.1. The molecule has 0 aromatic heterocycles. The lowest BCUT2D eigenvalue weighted by Crippen LogP contribution is -2.14. The maximum Gasteiger partial charge on any atom is 0.245 e. The normalized spacial score (nSPS) is 19.3. The van der Waals surface area contributed by atoms with Gasteiger partial charge >= 0.3 is 0 Å². The number of hydrogen-bond acceptors (Lipinski definition) is 3. The first-order valence-electron chi connectivity index (χ1n) is 7.31. The third-order valence-corrected chi connectivity index (χ3v) is 3.35. The van der Waals surface area contributed by atoms with E-state index in [0.29, 0.717) is 6.42 Å². The molecule has 1 aliphatic heterocycles. The fourth-order valence-corrected chi connectivity index (χ4v) is 2.27. The maximum absolute atomic E-state index is 10.7. The molecule has 1 atom stereocenters. The second-order valence-corrected chi connectivity index (χ2v) is 5.45. The number of aliphatic imine (C=N–C) groups is 1. The molecule has 4 heteroatoms. The summed E-state index contributed by atoms with van der Waals surface area (Å²) in [5, 5.41) is 10.7. The molecule has 114 valence electrons. The molecular weight excluding hydrogens is 264 g/mol. The predicted octanol–water partition coefficient (Wildman–Crippen LogP) is 4.63. The lowest BCUT2D eigenvalue weighted by molar-refractivity contribution is -0.426. The molecule has 0 saturated carbocycles. The van der Waals surface area contributed by atoms with E-state index in [-0.39, 0.29) is 16.7 Å². The SMILES string of the molecule is C=C(/C=C\C/C(=C\C)[N+](=O)[O-])C1=NC(C=C(C)C)CCC1. The van der Waals surface area contributed by atoms with E-state index in [1.54, 1.807) is 13.0 Å². The van der Waals surface area contributed by atoms with Crippen molar-refractivity contribution in [1.82, 2.24) is 0 Å². The second kappa shape index (κ2) is 8.35. The topological polar surface area (TPSA) is 55.5 Å². The van der Waals surface area contributed by atoms with Gasteiger partial charge in [-0.2, -0.15) is 0 Å². The Balaban J connectivity index is 2.68. The number of nitrogens with zero attached hydrogens (tertiary/aromatic N) is 2. The minimum atomic E-state index is -0.351. The van der Waals surface area contributed by atoms with Gasteiger partial charge in [-0.05, 0) is 51.7 Å². The maximum atomic E-state index is 10.7. The van der Waals surface area contributed by atoms with Gasteiger partial charge in [0, 0.05) is 5.71 Å². The first-order chi connectivity index (χ1) is 9.93. The van der Waals surface area contributed by atoms with E-state index in [0.717, 1.165) is 30.5 Å². The smallest absolute Gasteiger partial charge is 0.245 e. The van der Waals surface area contributed by atoms with Crippen LogP contribution in [0, 0.1) is 10.1 Å². The van der Waals surface area contributed by atoms with Gasteiger partial charge in [-0.25, -0.2) is 0 Å². The van der Waals surface area contributed by atoms with Gasteiger partial charge in [0.1, 0.15) is 0 Å². The molecule has 21 heavy (non-hydrogen) atoms. The van der Waals surface area contributed by atoms with Crippen LogP contribution in [0.1, 0.15) is 46.5 Å². The summed E-state index contributed by atoms with van der Waals surface area (Å²) in [6.07, 6.45) is 10.8. The van der Waals surface area contributed by atoms with Crippen molar-refractivity contribution in [2.75, 3.05) is 0 Å². The molecule has 0 aromatic rings. The van der Waals surface area contributed by atoms with Crippen LogP contribution in [0.5, 0.6) is 0 Å². The zero-order valence-corrected chi connectivity index (χ0v) is 13.1. The molecule has 0 amide bonds. The van der Waals surface area contributed by atoms with Crippen LogP contribution in [0.4, 0.5) is 0 Å². The highest BCUT2D eigenvalue weighted by Crippen LogP contribution is 2.20. The Kier molecular flexibility index (Phi) is 6.79. The summed E-state index contributed by atoms with van der Waals surface area (Å²) in [6.45, 7) is 9.86. The van der Waals surface area contributed by atoms with Gasteiger partial charge in [0.25, 0.3) is 0 Å². The molecule has 0 aliphatic carbocycles. The zero-order chi connectivity index (χ0) is 15.8. The minimum Gasteiger partial charge on any atom is -0.282 e. The molecule has 0 bridgehead atoms. The Morgan fingerprint density at radius 2 is 2.24 bits per heavy atom. The van der Waals surface area contributed by atoms with Crippen molar-refractivity contribution in [3.8, 4) is 0 Å². The predicted molar refractivity (Wildman–Crippen MR) is 88.2 cm³/mol. The van der Waals surface area contributed by atoms with E-state index in [4.69, 9.17) is 4.99 Å². The van der Waals surface area contributed by atoms with Crippen LogP contribution >= 0.6 is 0 Å². The van der Waals surface area contributed by atoms with E-state index < -0.39 is 0 Å². The minimum absolute atomic E-state index is 0.201. The quantitative estimate of drug-likeness (QED) is 0.310. The van der Waals surface area contributed by atoms with Gasteiger partial charge in [0.05, 0.1) is 17.4 Å². The van der Waals surface area contributed by atoms with Crippen LogP contribution in [-0.2, 0) is 0 Å². The molecule has 4 nitrogen and oxygen atoms in total. The van der Waals surface area contributed by atoms with Crippen molar-refractivity contribution in [3.63, 3.8) is 0 Å². The fourth-order valence-electron chi connectivity index (χ4n) is 2.27. The molecule has 1 aliphatic rings. The van der Waals surface area contributed by atoms with E-state index in [1.807, 2.05) is 6.08 Å². The second-order valence-electron chi connectivity index (χ2n) is 5.45. The van der Waals surface area contributed by atoms with Crippen LogP contribution in [0.3, 0.4) is 0 Å². The Morgan fingerprint density at radius 3 is 2.81 bits per heavy atom. The first-order valence-corrected chi connectivity index (χ1v) is 7.31. The summed E-state index contributed by atoms with van der Waals surface area (Å²) in [6, 6.07) is 0.244. The number of rotatable bonds is 6. The molecule has 1 rings (SSSR count). The highest BCUT2D eigenvalue weighted by Gasteiger charge is 2.14. The molecule has 0 saturated heterocycles. The van der Waals surface area contributed by atoms with Crippen molar-refractivity contribution in [1.29, 1.82) is 0 Å². The van der Waals surface area contributed by atoms with Crippen molar-refractivity contribution in [3.05, 3.63) is 57.8 Å². The van der Waals surface area contributed by atoms with E-state index in [9.17, 15) is 10.1 Å². The Labute approximate surface area is 126 Å². The Morgan fingerprint density at radius 1 is 1.52 bits per heavy atom. The Bertz CT molecular complexity index is 521. The Hall–Kier alpha value is -1.97. The van der Waals surface area contributed by atoms with Crippen LogP contribution in [-0.4, -0.2) is 16.7 Å². The first kappa shape index (κ1) is 17.1. The molecule has 0 fully saturated rings. The lowest BCUT2D eigenvalue weighted by Gasteiger charge is -2.18. The molecular formula is C17H24N2O2. The van der Waals surface area contributed by atoms with Crippen LogP contribution in [0.15, 0.2) is 52.7 Å². The molecule has 0 aromatic carbocycles. The summed E-state index contributed by atoms with van der Waals surface area (Å²) in [5.41, 5.74) is 3.35. The van der Waals surface area contributed by atoms with E-state index >= 15 is 0 Å². The van der Waals surface area contributed by atoms with Crippen LogP contribution in [0.25, 0.3) is 0 Å². The van der Waals surface area contributed by atoms with Gasteiger partial charge in [-0.15, -0.1) is 0 Å². The van der Waals surface area contributed by atoms with Crippen molar-refractivity contribution in [2.24, 2.45) is 4.99 Å². The standard InChI is InChI=1S/C17H24N2O2/c1-5-16(19(20)21)10-6-8-14(4)17-11-7-9-15(18-17)12-13(2)3/h5-6,8,12,15H,4,7,9-11H2,1-3H3/b8-6-,16-5+. The molecule has 1 unspecified atom stereocenters. The number of hydrogen-bond donors (Lipinski definition) is 0.